The highest BCUT2D eigenvalue weighted by atomic mass is 16.5. The number of hydrogen-bond acceptors (Lipinski definition) is 4. The molecule has 1 aromatic rings. The third kappa shape index (κ3) is 1.34. The van der Waals surface area contributed by atoms with Crippen LogP contribution in [0.25, 0.3) is 0 Å². The summed E-state index contributed by atoms with van der Waals surface area (Å²) in [6, 6.07) is 1.66. The molecular formula is C7H9NO3. The standard InChI is InChI=1S/C7H9NO3/c1-5(8-9)7-6(10-2)3-4-11-7/h3-4,9H,1-2H3. The molecule has 11 heavy (non-hydrogen) atoms. The molecule has 0 aliphatic carbocycles. The lowest BCUT2D eigenvalue weighted by atomic mass is 10.3. The van der Waals surface area contributed by atoms with Crippen molar-refractivity contribution in [3.05, 3.63) is 18.1 Å². The van der Waals surface area contributed by atoms with E-state index in [1.165, 1.54) is 13.4 Å². The van der Waals surface area contributed by atoms with Gasteiger partial charge in [-0.3, -0.25) is 0 Å². The lowest BCUT2D eigenvalue weighted by molar-refractivity contribution is 0.316. The van der Waals surface area contributed by atoms with Gasteiger partial charge in [0.1, 0.15) is 5.71 Å². The molecule has 1 N–H and O–H groups in total. The second-order valence-corrected chi connectivity index (χ2v) is 2.00. The SMILES string of the molecule is COc1ccoc1C(C)=NO. The van der Waals surface area contributed by atoms with Crippen LogP contribution in [0.3, 0.4) is 0 Å². The van der Waals surface area contributed by atoms with Crippen LogP contribution >= 0.6 is 0 Å². The number of ether oxygens (including phenoxy) is 1. The van der Waals surface area contributed by atoms with E-state index in [2.05, 4.69) is 5.16 Å². The van der Waals surface area contributed by atoms with Crippen molar-refractivity contribution in [1.29, 1.82) is 0 Å². The number of hydrogen-bond donors (Lipinski definition) is 1. The Morgan fingerprint density at radius 2 is 2.45 bits per heavy atom. The average Bonchev–Trinajstić information content (AvgIpc) is 2.50. The predicted molar refractivity (Wildman–Crippen MR) is 39.3 cm³/mol. The van der Waals surface area contributed by atoms with Crippen molar-refractivity contribution in [3.8, 4) is 5.75 Å². The minimum Gasteiger partial charge on any atom is -0.493 e. The summed E-state index contributed by atoms with van der Waals surface area (Å²) in [5.74, 6) is 1.02. The normalized spacial score (nSPS) is 11.6. The fourth-order valence-corrected chi connectivity index (χ4v) is 0.767. The summed E-state index contributed by atoms with van der Waals surface area (Å²) >= 11 is 0. The number of rotatable bonds is 2. The second kappa shape index (κ2) is 3.09. The zero-order chi connectivity index (χ0) is 8.27. The molecule has 1 aromatic heterocycles. The van der Waals surface area contributed by atoms with E-state index in [0.29, 0.717) is 17.2 Å². The highest BCUT2D eigenvalue weighted by Crippen LogP contribution is 2.19. The Kier molecular flexibility index (Phi) is 2.15. The molecule has 0 atom stereocenters. The Morgan fingerprint density at radius 1 is 1.73 bits per heavy atom. The molecule has 1 heterocycles. The van der Waals surface area contributed by atoms with Crippen LogP contribution in [0.15, 0.2) is 21.9 Å². The first-order chi connectivity index (χ1) is 5.29. The Labute approximate surface area is 64.1 Å². The lowest BCUT2D eigenvalue weighted by Crippen LogP contribution is -1.94. The van der Waals surface area contributed by atoms with Crippen LogP contribution in [0.2, 0.25) is 0 Å². The van der Waals surface area contributed by atoms with Crippen LogP contribution in [0.4, 0.5) is 0 Å². The van der Waals surface area contributed by atoms with Gasteiger partial charge in [0.05, 0.1) is 13.4 Å². The smallest absolute Gasteiger partial charge is 0.192 e. The fourth-order valence-electron chi connectivity index (χ4n) is 0.767. The molecule has 4 heteroatoms. The summed E-state index contributed by atoms with van der Waals surface area (Å²) < 4.78 is 9.91. The van der Waals surface area contributed by atoms with E-state index in [1.54, 1.807) is 13.0 Å². The summed E-state index contributed by atoms with van der Waals surface area (Å²) in [6.07, 6.45) is 1.48. The summed E-state index contributed by atoms with van der Waals surface area (Å²) in [5.41, 5.74) is 0.395. The summed E-state index contributed by atoms with van der Waals surface area (Å²) in [4.78, 5) is 0. The molecule has 0 fully saturated rings. The van der Waals surface area contributed by atoms with Gasteiger partial charge in [0, 0.05) is 6.07 Å². The van der Waals surface area contributed by atoms with Gasteiger partial charge in [-0.25, -0.2) is 0 Å². The molecule has 0 aromatic carbocycles. The second-order valence-electron chi connectivity index (χ2n) is 2.00. The number of nitrogens with zero attached hydrogens (tertiary/aromatic N) is 1. The van der Waals surface area contributed by atoms with E-state index in [-0.39, 0.29) is 0 Å². The maximum atomic E-state index is 8.40. The minimum atomic E-state index is 0.395. The van der Waals surface area contributed by atoms with Gasteiger partial charge in [-0.1, -0.05) is 5.16 Å². The first-order valence-corrected chi connectivity index (χ1v) is 3.10. The van der Waals surface area contributed by atoms with E-state index in [0.717, 1.165) is 0 Å². The van der Waals surface area contributed by atoms with Gasteiger partial charge >= 0.3 is 0 Å². The molecule has 60 valence electrons. The zero-order valence-electron chi connectivity index (χ0n) is 6.37. The average molecular weight is 155 g/mol. The molecule has 1 rings (SSSR count). The highest BCUT2D eigenvalue weighted by molar-refractivity contribution is 5.98. The first kappa shape index (κ1) is 7.65. The van der Waals surface area contributed by atoms with Gasteiger partial charge in [-0.15, -0.1) is 0 Å². The van der Waals surface area contributed by atoms with Crippen molar-refractivity contribution in [2.24, 2.45) is 5.16 Å². The van der Waals surface area contributed by atoms with Crippen LogP contribution in [0.5, 0.6) is 5.75 Å². The Morgan fingerprint density at radius 3 is 3.00 bits per heavy atom. The minimum absolute atomic E-state index is 0.395. The maximum Gasteiger partial charge on any atom is 0.192 e. The van der Waals surface area contributed by atoms with Crippen molar-refractivity contribution >= 4 is 5.71 Å². The molecule has 0 aliphatic heterocycles. The van der Waals surface area contributed by atoms with E-state index in [4.69, 9.17) is 14.4 Å². The molecule has 0 amide bonds. The highest BCUT2D eigenvalue weighted by Gasteiger charge is 2.09. The Bertz CT molecular complexity index is 264. The largest absolute Gasteiger partial charge is 0.493 e. The topological polar surface area (TPSA) is 55.0 Å². The Hall–Kier alpha value is -1.45. The fraction of sp³-hybridized carbons (Fsp3) is 0.286. The van der Waals surface area contributed by atoms with Crippen molar-refractivity contribution in [2.45, 2.75) is 6.92 Å². The summed E-state index contributed by atoms with van der Waals surface area (Å²) in [7, 11) is 1.53. The van der Waals surface area contributed by atoms with E-state index in [9.17, 15) is 0 Å². The molecular weight excluding hydrogens is 146 g/mol. The monoisotopic (exact) mass is 155 g/mol. The third-order valence-corrected chi connectivity index (χ3v) is 1.33. The lowest BCUT2D eigenvalue weighted by Gasteiger charge is -1.96. The van der Waals surface area contributed by atoms with Crippen LogP contribution < -0.4 is 4.74 Å². The van der Waals surface area contributed by atoms with Gasteiger partial charge in [0.2, 0.25) is 0 Å². The van der Waals surface area contributed by atoms with E-state index >= 15 is 0 Å². The van der Waals surface area contributed by atoms with Gasteiger partial charge in [0.15, 0.2) is 11.5 Å². The molecule has 0 saturated carbocycles. The summed E-state index contributed by atoms with van der Waals surface area (Å²) in [5, 5.41) is 11.4. The van der Waals surface area contributed by atoms with Crippen molar-refractivity contribution in [1.82, 2.24) is 0 Å². The van der Waals surface area contributed by atoms with Crippen molar-refractivity contribution in [2.75, 3.05) is 7.11 Å². The molecule has 0 bridgehead atoms. The van der Waals surface area contributed by atoms with Crippen LogP contribution in [0, 0.1) is 0 Å². The third-order valence-electron chi connectivity index (χ3n) is 1.33. The van der Waals surface area contributed by atoms with E-state index < -0.39 is 0 Å². The number of furan rings is 1. The molecule has 0 aliphatic rings. The molecule has 0 saturated heterocycles. The van der Waals surface area contributed by atoms with E-state index in [1.807, 2.05) is 0 Å². The molecule has 0 radical (unpaired) electrons. The summed E-state index contributed by atoms with van der Waals surface area (Å²) in [6.45, 7) is 1.63. The molecule has 0 spiro atoms. The van der Waals surface area contributed by atoms with Gasteiger partial charge in [-0.2, -0.15) is 0 Å². The molecule has 4 nitrogen and oxygen atoms in total. The van der Waals surface area contributed by atoms with Gasteiger partial charge < -0.3 is 14.4 Å². The maximum absolute atomic E-state index is 8.40. The van der Waals surface area contributed by atoms with Crippen LogP contribution in [-0.4, -0.2) is 18.0 Å². The van der Waals surface area contributed by atoms with Crippen molar-refractivity contribution in [3.63, 3.8) is 0 Å². The van der Waals surface area contributed by atoms with Gasteiger partial charge in [-0.05, 0) is 6.92 Å². The van der Waals surface area contributed by atoms with Crippen molar-refractivity contribution < 1.29 is 14.4 Å². The quantitative estimate of drug-likeness (QED) is 0.400. The Balaban J connectivity index is 3.02. The molecule has 0 unspecified atom stereocenters. The van der Waals surface area contributed by atoms with Crippen LogP contribution in [-0.2, 0) is 0 Å². The first-order valence-electron chi connectivity index (χ1n) is 3.10. The number of oxime groups is 1. The number of methoxy groups -OCH3 is 1. The van der Waals surface area contributed by atoms with Gasteiger partial charge in [0.25, 0.3) is 0 Å². The zero-order valence-corrected chi connectivity index (χ0v) is 6.37. The van der Waals surface area contributed by atoms with Crippen LogP contribution in [0.1, 0.15) is 12.7 Å². The predicted octanol–water partition coefficient (Wildman–Crippen LogP) is 1.49.